The molecule has 0 saturated carbocycles. The quantitative estimate of drug-likeness (QED) is 0.533. The molecule has 3 heterocycles. The van der Waals surface area contributed by atoms with Gasteiger partial charge in [-0.25, -0.2) is 4.90 Å². The molecule has 4 amide bonds. The molecule has 2 N–H and O–H groups in total. The zero-order chi connectivity index (χ0) is 24.0. The Morgan fingerprint density at radius 3 is 2.44 bits per heavy atom. The molecule has 2 aliphatic rings. The Bertz CT molecular complexity index is 1340. The molecule has 0 aliphatic carbocycles. The molecule has 8 nitrogen and oxygen atoms in total. The lowest BCUT2D eigenvalue weighted by Crippen LogP contribution is -2.44. The Balaban J connectivity index is 1.41. The normalized spacial score (nSPS) is 17.8. The van der Waals surface area contributed by atoms with Crippen LogP contribution in [0.5, 0.6) is 0 Å². The smallest absolute Gasteiger partial charge is 0.268 e. The Kier molecular flexibility index (Phi) is 5.68. The first-order valence-corrected chi connectivity index (χ1v) is 11.7. The van der Waals surface area contributed by atoms with Crippen LogP contribution < -0.4 is 15.1 Å². The lowest BCUT2D eigenvalue weighted by atomic mass is 10.1. The van der Waals surface area contributed by atoms with Crippen molar-refractivity contribution in [3.63, 3.8) is 0 Å². The highest BCUT2D eigenvalue weighted by atomic mass is 35.5. The summed E-state index contributed by atoms with van der Waals surface area (Å²) in [5, 5.41) is 12.5. The molecule has 2 aliphatic heterocycles. The monoisotopic (exact) mass is 495 g/mol. The third-order valence-electron chi connectivity index (χ3n) is 5.79. The number of hydrogen-bond acceptors (Lipinski definition) is 6. The Morgan fingerprint density at radius 2 is 1.74 bits per heavy atom. The molecule has 10 heteroatoms. The molecule has 3 aromatic rings. The van der Waals surface area contributed by atoms with E-state index in [9.17, 15) is 24.3 Å². The van der Waals surface area contributed by atoms with Crippen molar-refractivity contribution < 1.29 is 24.3 Å². The molecule has 172 valence electrons. The number of fused-ring (bicyclic) bond motifs is 1. The zero-order valence-corrected chi connectivity index (χ0v) is 19.2. The van der Waals surface area contributed by atoms with Crippen LogP contribution in [0.2, 0.25) is 4.34 Å². The maximum Gasteiger partial charge on any atom is 0.268 e. The van der Waals surface area contributed by atoms with E-state index in [4.69, 9.17) is 11.6 Å². The second-order valence-corrected chi connectivity index (χ2v) is 9.61. The number of benzene rings is 2. The molecule has 34 heavy (non-hydrogen) atoms. The van der Waals surface area contributed by atoms with Crippen LogP contribution in [0, 0.1) is 0 Å². The number of halogens is 1. The highest BCUT2D eigenvalue weighted by Crippen LogP contribution is 2.34. The predicted molar refractivity (Wildman–Crippen MR) is 129 cm³/mol. The number of nitrogens with one attached hydrogen (secondary N) is 1. The van der Waals surface area contributed by atoms with Crippen molar-refractivity contribution in [1.82, 2.24) is 0 Å². The van der Waals surface area contributed by atoms with Gasteiger partial charge in [-0.05, 0) is 61.4 Å². The summed E-state index contributed by atoms with van der Waals surface area (Å²) < 4.78 is 0.463. The average molecular weight is 496 g/mol. The molecule has 1 atom stereocenters. The van der Waals surface area contributed by atoms with Gasteiger partial charge in [-0.15, -0.1) is 11.3 Å². The Hall–Kier alpha value is -3.53. The molecule has 0 spiro atoms. The van der Waals surface area contributed by atoms with E-state index in [0.717, 1.165) is 16.2 Å². The zero-order valence-electron chi connectivity index (χ0n) is 17.7. The minimum Gasteiger partial charge on any atom is -0.383 e. The van der Waals surface area contributed by atoms with E-state index in [1.165, 1.54) is 11.0 Å². The van der Waals surface area contributed by atoms with Crippen LogP contribution in [0.25, 0.3) is 0 Å². The lowest BCUT2D eigenvalue weighted by Gasteiger charge is -2.30. The van der Waals surface area contributed by atoms with E-state index in [1.807, 2.05) is 0 Å². The fourth-order valence-corrected chi connectivity index (χ4v) is 5.08. The fourth-order valence-electron chi connectivity index (χ4n) is 4.14. The molecule has 1 unspecified atom stereocenters. The van der Waals surface area contributed by atoms with Crippen LogP contribution in [-0.4, -0.2) is 41.4 Å². The molecule has 1 aromatic heterocycles. The first kappa shape index (κ1) is 22.3. The first-order chi connectivity index (χ1) is 16.3. The number of carbonyl (C=O) groups excluding carboxylic acids is 4. The molecular weight excluding hydrogens is 478 g/mol. The number of thiophene rings is 1. The second-order valence-electron chi connectivity index (χ2n) is 7.90. The van der Waals surface area contributed by atoms with Gasteiger partial charge in [-0.2, -0.15) is 0 Å². The van der Waals surface area contributed by atoms with Crippen LogP contribution in [0.15, 0.2) is 54.6 Å². The van der Waals surface area contributed by atoms with Crippen LogP contribution in [0.3, 0.4) is 0 Å². The average Bonchev–Trinajstić information content (AvgIpc) is 3.37. The SMILES string of the molecule is O=C(Nc1cccc2c1C(=O)N(c1ccc(N3CCCC(O)C3=O)cc1)C2=O)c1ccc(Cl)s1. The number of anilines is 3. The number of aliphatic hydroxyl groups is 1. The van der Waals surface area contributed by atoms with Gasteiger partial charge in [0.1, 0.15) is 6.10 Å². The molecular formula is C24H18ClN3O5S. The number of aliphatic hydroxyl groups excluding tert-OH is 1. The first-order valence-electron chi connectivity index (χ1n) is 10.5. The van der Waals surface area contributed by atoms with Crippen LogP contribution >= 0.6 is 22.9 Å². The van der Waals surface area contributed by atoms with Gasteiger partial charge in [0.2, 0.25) is 0 Å². The number of nitrogens with zero attached hydrogens (tertiary/aromatic N) is 2. The lowest BCUT2D eigenvalue weighted by molar-refractivity contribution is -0.128. The van der Waals surface area contributed by atoms with Crippen LogP contribution in [-0.2, 0) is 4.79 Å². The van der Waals surface area contributed by atoms with Crippen molar-refractivity contribution >= 4 is 63.6 Å². The van der Waals surface area contributed by atoms with Gasteiger partial charge in [0, 0.05) is 12.2 Å². The third kappa shape index (κ3) is 3.77. The number of imide groups is 1. The highest BCUT2D eigenvalue weighted by Gasteiger charge is 2.39. The molecule has 2 aromatic carbocycles. The Labute approximate surface area is 203 Å². The predicted octanol–water partition coefficient (Wildman–Crippen LogP) is 3.94. The summed E-state index contributed by atoms with van der Waals surface area (Å²) in [5.41, 5.74) is 1.44. The number of carbonyl (C=O) groups is 4. The van der Waals surface area contributed by atoms with Crippen molar-refractivity contribution in [2.24, 2.45) is 0 Å². The summed E-state index contributed by atoms with van der Waals surface area (Å²) in [4.78, 5) is 54.1. The van der Waals surface area contributed by atoms with Crippen LogP contribution in [0.1, 0.15) is 43.2 Å². The van der Waals surface area contributed by atoms with E-state index in [0.29, 0.717) is 40.0 Å². The third-order valence-corrected chi connectivity index (χ3v) is 7.02. The summed E-state index contributed by atoms with van der Waals surface area (Å²) in [5.74, 6) is -1.86. The van der Waals surface area contributed by atoms with Crippen LogP contribution in [0.4, 0.5) is 17.1 Å². The largest absolute Gasteiger partial charge is 0.383 e. The fraction of sp³-hybridized carbons (Fsp3) is 0.167. The number of piperidine rings is 1. The number of hydrogen-bond donors (Lipinski definition) is 2. The van der Waals surface area contributed by atoms with Crippen molar-refractivity contribution in [3.8, 4) is 0 Å². The molecule has 0 radical (unpaired) electrons. The highest BCUT2D eigenvalue weighted by molar-refractivity contribution is 7.18. The molecule has 1 saturated heterocycles. The van der Waals surface area contributed by atoms with E-state index < -0.39 is 23.8 Å². The van der Waals surface area contributed by atoms with Crippen molar-refractivity contribution in [2.45, 2.75) is 18.9 Å². The van der Waals surface area contributed by atoms with Gasteiger partial charge < -0.3 is 15.3 Å². The number of rotatable bonds is 4. The molecule has 1 fully saturated rings. The number of amides is 4. The van der Waals surface area contributed by atoms with Crippen molar-refractivity contribution in [3.05, 3.63) is 74.9 Å². The summed E-state index contributed by atoms with van der Waals surface area (Å²) in [7, 11) is 0. The van der Waals surface area contributed by atoms with E-state index >= 15 is 0 Å². The maximum absolute atomic E-state index is 13.3. The minimum absolute atomic E-state index is 0.113. The van der Waals surface area contributed by atoms with Gasteiger partial charge >= 0.3 is 0 Å². The topological polar surface area (TPSA) is 107 Å². The standard InChI is InChI=1S/C24H18ClN3O5S/c25-19-11-10-18(34-19)21(30)26-16-4-1-3-15-20(16)24(33)28(22(15)31)14-8-6-13(7-9-14)27-12-2-5-17(29)23(27)32/h1,3-4,6-11,17,29H,2,5,12H2,(H,26,30). The molecule has 5 rings (SSSR count). The summed E-state index contributed by atoms with van der Waals surface area (Å²) in [6, 6.07) is 14.3. The molecule has 0 bridgehead atoms. The van der Waals surface area contributed by atoms with E-state index in [1.54, 1.807) is 48.5 Å². The van der Waals surface area contributed by atoms with Gasteiger partial charge in [0.15, 0.2) is 0 Å². The summed E-state index contributed by atoms with van der Waals surface area (Å²) in [6.07, 6.45) is 0.0867. The van der Waals surface area contributed by atoms with Gasteiger partial charge in [-0.1, -0.05) is 17.7 Å². The Morgan fingerprint density at radius 1 is 1.00 bits per heavy atom. The summed E-state index contributed by atoms with van der Waals surface area (Å²) in [6.45, 7) is 0.487. The van der Waals surface area contributed by atoms with Crippen molar-refractivity contribution in [1.29, 1.82) is 0 Å². The van der Waals surface area contributed by atoms with E-state index in [-0.39, 0.29) is 22.7 Å². The second kappa shape index (κ2) is 8.68. The van der Waals surface area contributed by atoms with Crippen molar-refractivity contribution in [2.75, 3.05) is 21.7 Å². The van der Waals surface area contributed by atoms with Gasteiger partial charge in [0.25, 0.3) is 23.6 Å². The van der Waals surface area contributed by atoms with Gasteiger partial charge in [0.05, 0.1) is 31.7 Å². The van der Waals surface area contributed by atoms with E-state index in [2.05, 4.69) is 5.32 Å². The minimum atomic E-state index is -1.02. The maximum atomic E-state index is 13.3. The van der Waals surface area contributed by atoms with Gasteiger partial charge in [-0.3, -0.25) is 19.2 Å². The summed E-state index contributed by atoms with van der Waals surface area (Å²) >= 11 is 7.01.